The third-order valence-electron chi connectivity index (χ3n) is 2.17. The zero-order valence-corrected chi connectivity index (χ0v) is 12.6. The lowest BCUT2D eigenvalue weighted by atomic mass is 10.2. The van der Waals surface area contributed by atoms with Crippen LogP contribution in [-0.4, -0.2) is 34.9 Å². The van der Waals surface area contributed by atoms with Crippen LogP contribution in [-0.2, 0) is 11.3 Å². The fourth-order valence-electron chi connectivity index (χ4n) is 1.35. The third kappa shape index (κ3) is 6.08. The minimum Gasteiger partial charge on any atom is -0.444 e. The summed E-state index contributed by atoms with van der Waals surface area (Å²) in [4.78, 5) is 15.5. The summed E-state index contributed by atoms with van der Waals surface area (Å²) in [7, 11) is 0. The number of rotatable bonds is 5. The molecule has 6 nitrogen and oxygen atoms in total. The first-order valence-corrected chi connectivity index (χ1v) is 6.65. The van der Waals surface area contributed by atoms with Gasteiger partial charge in [-0.1, -0.05) is 11.6 Å². The van der Waals surface area contributed by atoms with Crippen molar-refractivity contribution >= 4 is 23.5 Å². The SMILES string of the molecule is CC(C)(C)OC(=O)NCCNc1ncc(CO)cc1Cl. The number of carbonyl (C=O) groups excluding carboxylic acids is 1. The molecule has 0 spiro atoms. The molecule has 1 rings (SSSR count). The van der Waals surface area contributed by atoms with Crippen LogP contribution in [0.3, 0.4) is 0 Å². The molecule has 1 amide bonds. The van der Waals surface area contributed by atoms with Gasteiger partial charge in [-0.15, -0.1) is 0 Å². The summed E-state index contributed by atoms with van der Waals surface area (Å²) >= 11 is 5.99. The summed E-state index contributed by atoms with van der Waals surface area (Å²) < 4.78 is 5.10. The predicted molar refractivity (Wildman–Crippen MR) is 77.9 cm³/mol. The van der Waals surface area contributed by atoms with E-state index in [2.05, 4.69) is 15.6 Å². The van der Waals surface area contributed by atoms with Gasteiger partial charge in [-0.25, -0.2) is 9.78 Å². The second-order valence-electron chi connectivity index (χ2n) is 5.19. The average Bonchev–Trinajstić information content (AvgIpc) is 2.33. The van der Waals surface area contributed by atoms with E-state index in [0.29, 0.717) is 29.5 Å². The first kappa shape index (κ1) is 16.5. The van der Waals surface area contributed by atoms with E-state index >= 15 is 0 Å². The maximum absolute atomic E-state index is 11.4. The first-order valence-electron chi connectivity index (χ1n) is 6.28. The number of anilines is 1. The molecule has 1 aromatic heterocycles. The maximum atomic E-state index is 11.4. The number of ether oxygens (including phenoxy) is 1. The number of amides is 1. The molecule has 0 saturated heterocycles. The molecule has 0 fully saturated rings. The van der Waals surface area contributed by atoms with E-state index in [1.807, 2.05) is 0 Å². The molecule has 1 heterocycles. The zero-order chi connectivity index (χ0) is 15.2. The Balaban J connectivity index is 2.33. The number of hydrogen-bond acceptors (Lipinski definition) is 5. The van der Waals surface area contributed by atoms with Crippen LogP contribution in [0, 0.1) is 0 Å². The molecule has 0 radical (unpaired) electrons. The lowest BCUT2D eigenvalue weighted by Gasteiger charge is -2.19. The standard InChI is InChI=1S/C13H20ClN3O3/c1-13(2,3)20-12(19)16-5-4-15-11-10(14)6-9(8-18)7-17-11/h6-7,18H,4-5,8H2,1-3H3,(H,15,17)(H,16,19). The first-order chi connectivity index (χ1) is 9.31. The van der Waals surface area contributed by atoms with Crippen molar-refractivity contribution in [1.29, 1.82) is 0 Å². The van der Waals surface area contributed by atoms with E-state index in [9.17, 15) is 4.79 Å². The van der Waals surface area contributed by atoms with E-state index in [1.165, 1.54) is 6.20 Å². The normalized spacial score (nSPS) is 11.1. The molecule has 0 atom stereocenters. The molecule has 0 aliphatic rings. The van der Waals surface area contributed by atoms with Crippen molar-refractivity contribution in [2.45, 2.75) is 33.0 Å². The third-order valence-corrected chi connectivity index (χ3v) is 2.45. The van der Waals surface area contributed by atoms with Gasteiger partial charge in [0.05, 0.1) is 11.6 Å². The second kappa shape index (κ2) is 7.31. The second-order valence-corrected chi connectivity index (χ2v) is 5.59. The Morgan fingerprint density at radius 1 is 1.45 bits per heavy atom. The summed E-state index contributed by atoms with van der Waals surface area (Å²) in [6.07, 6.45) is 1.07. The fourth-order valence-corrected chi connectivity index (χ4v) is 1.61. The van der Waals surface area contributed by atoms with Gasteiger partial charge in [0.25, 0.3) is 0 Å². The quantitative estimate of drug-likeness (QED) is 0.726. The van der Waals surface area contributed by atoms with Crippen LogP contribution in [0.5, 0.6) is 0 Å². The Bertz CT molecular complexity index is 461. The summed E-state index contributed by atoms with van der Waals surface area (Å²) in [5.41, 5.74) is 0.134. The van der Waals surface area contributed by atoms with Gasteiger partial charge in [0, 0.05) is 19.3 Å². The summed E-state index contributed by atoms with van der Waals surface area (Å²) in [6, 6.07) is 1.64. The molecular weight excluding hydrogens is 282 g/mol. The molecular formula is C13H20ClN3O3. The highest BCUT2D eigenvalue weighted by Gasteiger charge is 2.15. The highest BCUT2D eigenvalue weighted by molar-refractivity contribution is 6.32. The Morgan fingerprint density at radius 3 is 2.70 bits per heavy atom. The van der Waals surface area contributed by atoms with E-state index in [-0.39, 0.29) is 6.61 Å². The van der Waals surface area contributed by atoms with Crippen molar-refractivity contribution in [3.8, 4) is 0 Å². The number of halogens is 1. The Hall–Kier alpha value is -1.53. The largest absolute Gasteiger partial charge is 0.444 e. The van der Waals surface area contributed by atoms with Crippen LogP contribution in [0.15, 0.2) is 12.3 Å². The smallest absolute Gasteiger partial charge is 0.407 e. The van der Waals surface area contributed by atoms with Crippen LogP contribution < -0.4 is 10.6 Å². The number of nitrogens with one attached hydrogen (secondary N) is 2. The van der Waals surface area contributed by atoms with Gasteiger partial charge in [-0.2, -0.15) is 0 Å². The van der Waals surface area contributed by atoms with Crippen LogP contribution in [0.25, 0.3) is 0 Å². The Labute approximate surface area is 123 Å². The number of pyridine rings is 1. The van der Waals surface area contributed by atoms with E-state index in [0.717, 1.165) is 0 Å². The van der Waals surface area contributed by atoms with Gasteiger partial charge in [0.15, 0.2) is 0 Å². The van der Waals surface area contributed by atoms with Gasteiger partial charge >= 0.3 is 6.09 Å². The topological polar surface area (TPSA) is 83.5 Å². The summed E-state index contributed by atoms with van der Waals surface area (Å²) in [5.74, 6) is 0.509. The van der Waals surface area contributed by atoms with Crippen molar-refractivity contribution in [2.75, 3.05) is 18.4 Å². The number of nitrogens with zero attached hydrogens (tertiary/aromatic N) is 1. The molecule has 0 aliphatic heterocycles. The van der Waals surface area contributed by atoms with Crippen molar-refractivity contribution in [1.82, 2.24) is 10.3 Å². The molecule has 112 valence electrons. The Kier molecular flexibility index (Phi) is 6.04. The molecule has 0 bridgehead atoms. The monoisotopic (exact) mass is 301 g/mol. The number of aliphatic hydroxyl groups is 1. The van der Waals surface area contributed by atoms with Crippen molar-refractivity contribution < 1.29 is 14.6 Å². The highest BCUT2D eigenvalue weighted by atomic mass is 35.5. The minimum absolute atomic E-state index is 0.104. The fraction of sp³-hybridized carbons (Fsp3) is 0.538. The van der Waals surface area contributed by atoms with Gasteiger partial charge in [-0.3, -0.25) is 0 Å². The van der Waals surface area contributed by atoms with E-state index in [1.54, 1.807) is 26.8 Å². The van der Waals surface area contributed by atoms with Crippen molar-refractivity contribution in [3.05, 3.63) is 22.8 Å². The van der Waals surface area contributed by atoms with Gasteiger partial charge < -0.3 is 20.5 Å². The molecule has 1 aromatic rings. The van der Waals surface area contributed by atoms with Gasteiger partial charge in [-0.05, 0) is 32.4 Å². The number of aliphatic hydroxyl groups excluding tert-OH is 1. The van der Waals surface area contributed by atoms with E-state index < -0.39 is 11.7 Å². The molecule has 0 saturated carbocycles. The molecule has 0 unspecified atom stereocenters. The average molecular weight is 302 g/mol. The highest BCUT2D eigenvalue weighted by Crippen LogP contribution is 2.19. The molecule has 7 heteroatoms. The zero-order valence-electron chi connectivity index (χ0n) is 11.9. The lowest BCUT2D eigenvalue weighted by Crippen LogP contribution is -2.35. The maximum Gasteiger partial charge on any atom is 0.407 e. The minimum atomic E-state index is -0.511. The lowest BCUT2D eigenvalue weighted by molar-refractivity contribution is 0.0530. The van der Waals surface area contributed by atoms with Gasteiger partial charge in [0.2, 0.25) is 0 Å². The molecule has 0 aromatic carbocycles. The molecule has 0 aliphatic carbocycles. The molecule has 20 heavy (non-hydrogen) atoms. The van der Waals surface area contributed by atoms with E-state index in [4.69, 9.17) is 21.4 Å². The predicted octanol–water partition coefficient (Wildman–Crippen LogP) is 2.16. The number of alkyl carbamates (subject to hydrolysis) is 1. The van der Waals surface area contributed by atoms with Crippen LogP contribution in [0.1, 0.15) is 26.3 Å². The summed E-state index contributed by atoms with van der Waals surface area (Å²) in [5, 5.41) is 15.0. The molecule has 3 N–H and O–H groups in total. The number of carbonyl (C=O) groups is 1. The Morgan fingerprint density at radius 2 is 2.15 bits per heavy atom. The van der Waals surface area contributed by atoms with Crippen molar-refractivity contribution in [3.63, 3.8) is 0 Å². The summed E-state index contributed by atoms with van der Waals surface area (Å²) in [6.45, 7) is 6.15. The van der Waals surface area contributed by atoms with Crippen LogP contribution in [0.4, 0.5) is 10.6 Å². The van der Waals surface area contributed by atoms with Crippen LogP contribution >= 0.6 is 11.6 Å². The van der Waals surface area contributed by atoms with Crippen molar-refractivity contribution in [2.24, 2.45) is 0 Å². The van der Waals surface area contributed by atoms with Gasteiger partial charge in [0.1, 0.15) is 11.4 Å². The van der Waals surface area contributed by atoms with Crippen LogP contribution in [0.2, 0.25) is 5.02 Å². The number of hydrogen-bond donors (Lipinski definition) is 3. The number of aromatic nitrogens is 1.